The Morgan fingerprint density at radius 1 is 1.22 bits per heavy atom. The summed E-state index contributed by atoms with van der Waals surface area (Å²) >= 11 is 0. The van der Waals surface area contributed by atoms with Gasteiger partial charge in [-0.3, -0.25) is 4.79 Å². The molecule has 2 heterocycles. The number of benzene rings is 2. The standard InChI is InChI=1S/C28H30F3N5O5/c1-4-19(28(29,30)31)25(41-21-7-5-6-17-15-40-26(38)23(17)21)35-27(32)34-20-9-8-16(14-22(20)39-3)24(37)33-18-10-12-36(2)13-11-18/h4-9,14,18H,1,10-13,15H2,2-3H3,(H,33,37)(H3,32,34,35)/b25-19-. The number of fused-ring (bicyclic) bond motifs is 1. The summed E-state index contributed by atoms with van der Waals surface area (Å²) in [5, 5.41) is 5.69. The van der Waals surface area contributed by atoms with E-state index in [4.69, 9.17) is 19.9 Å². The number of amides is 1. The Morgan fingerprint density at radius 2 is 1.95 bits per heavy atom. The van der Waals surface area contributed by atoms with Crippen LogP contribution in [-0.4, -0.2) is 62.2 Å². The minimum absolute atomic E-state index is 0.00639. The molecule has 2 aromatic rings. The van der Waals surface area contributed by atoms with Crippen LogP contribution in [0, 0.1) is 0 Å². The summed E-state index contributed by atoms with van der Waals surface area (Å²) in [4.78, 5) is 31.0. The summed E-state index contributed by atoms with van der Waals surface area (Å²) in [6, 6.07) is 8.98. The SMILES string of the molecule is C=C/C(=C(\N=C(/N)Nc1ccc(C(=O)NC2CCN(C)CC2)cc1OC)Oc1cccc2c1C(=O)OC2)C(F)(F)F. The first-order valence-corrected chi connectivity index (χ1v) is 12.7. The summed E-state index contributed by atoms with van der Waals surface area (Å²) in [5.41, 5.74) is 5.69. The fourth-order valence-corrected chi connectivity index (χ4v) is 4.43. The lowest BCUT2D eigenvalue weighted by atomic mass is 10.0. The van der Waals surface area contributed by atoms with Gasteiger partial charge in [-0.2, -0.15) is 18.2 Å². The van der Waals surface area contributed by atoms with Crippen molar-refractivity contribution in [3.05, 3.63) is 77.2 Å². The molecule has 2 aliphatic rings. The number of cyclic esters (lactones) is 1. The van der Waals surface area contributed by atoms with Crippen molar-refractivity contribution in [1.29, 1.82) is 0 Å². The topological polar surface area (TPSA) is 128 Å². The van der Waals surface area contributed by atoms with E-state index in [0.717, 1.165) is 25.9 Å². The minimum atomic E-state index is -4.90. The molecule has 0 radical (unpaired) electrons. The van der Waals surface area contributed by atoms with E-state index in [1.165, 1.54) is 37.4 Å². The number of nitrogens with one attached hydrogen (secondary N) is 2. The zero-order chi connectivity index (χ0) is 29.7. The number of ether oxygens (including phenoxy) is 3. The molecule has 0 aliphatic carbocycles. The van der Waals surface area contributed by atoms with Crippen molar-refractivity contribution in [1.82, 2.24) is 10.2 Å². The third-order valence-corrected chi connectivity index (χ3v) is 6.62. The van der Waals surface area contributed by atoms with E-state index in [0.29, 0.717) is 17.2 Å². The Labute approximate surface area is 234 Å². The monoisotopic (exact) mass is 573 g/mol. The number of nitrogens with two attached hydrogens (primary N) is 1. The number of guanidine groups is 1. The molecular weight excluding hydrogens is 543 g/mol. The summed E-state index contributed by atoms with van der Waals surface area (Å²) in [5.74, 6) is -2.42. The van der Waals surface area contributed by atoms with Crippen molar-refractivity contribution in [3.8, 4) is 11.5 Å². The molecule has 0 bridgehead atoms. The number of allylic oxidation sites excluding steroid dienone is 2. The number of esters is 1. The van der Waals surface area contributed by atoms with E-state index in [9.17, 15) is 22.8 Å². The zero-order valence-corrected chi connectivity index (χ0v) is 22.5. The number of methoxy groups -OCH3 is 1. The third kappa shape index (κ3) is 6.98. The molecule has 0 aromatic heterocycles. The molecule has 41 heavy (non-hydrogen) atoms. The number of anilines is 1. The molecule has 218 valence electrons. The van der Waals surface area contributed by atoms with E-state index >= 15 is 0 Å². The second-order valence-electron chi connectivity index (χ2n) is 9.48. The predicted octanol–water partition coefficient (Wildman–Crippen LogP) is 3.96. The average Bonchev–Trinajstić information content (AvgIpc) is 3.31. The maximum Gasteiger partial charge on any atom is 0.421 e. The van der Waals surface area contributed by atoms with Crippen molar-refractivity contribution < 1.29 is 37.0 Å². The molecule has 2 aromatic carbocycles. The molecule has 0 unspecified atom stereocenters. The van der Waals surface area contributed by atoms with Crippen LogP contribution in [0.1, 0.15) is 39.1 Å². The second-order valence-corrected chi connectivity index (χ2v) is 9.48. The van der Waals surface area contributed by atoms with Crippen LogP contribution in [0.4, 0.5) is 18.9 Å². The number of aliphatic imine (C=N–C) groups is 1. The third-order valence-electron chi connectivity index (χ3n) is 6.62. The summed E-state index contributed by atoms with van der Waals surface area (Å²) in [7, 11) is 3.40. The van der Waals surface area contributed by atoms with Crippen LogP contribution in [0.3, 0.4) is 0 Å². The maximum absolute atomic E-state index is 13.8. The molecule has 13 heteroatoms. The molecule has 10 nitrogen and oxygen atoms in total. The highest BCUT2D eigenvalue weighted by atomic mass is 19.4. The Balaban J connectivity index is 1.59. The van der Waals surface area contributed by atoms with E-state index < -0.39 is 29.6 Å². The number of rotatable bonds is 8. The highest BCUT2D eigenvalue weighted by Gasteiger charge is 2.37. The number of likely N-dealkylation sites (tertiary alicyclic amines) is 1. The Bertz CT molecular complexity index is 1400. The number of carbonyl (C=O) groups excluding carboxylic acids is 2. The van der Waals surface area contributed by atoms with Gasteiger partial charge in [0, 0.05) is 17.2 Å². The summed E-state index contributed by atoms with van der Waals surface area (Å²) in [6.45, 7) is 4.96. The van der Waals surface area contributed by atoms with Gasteiger partial charge in [-0.1, -0.05) is 24.8 Å². The number of carbonyl (C=O) groups is 2. The van der Waals surface area contributed by atoms with E-state index in [1.54, 1.807) is 6.07 Å². The number of hydrogen-bond donors (Lipinski definition) is 3. The van der Waals surface area contributed by atoms with Gasteiger partial charge in [0.15, 0.2) is 0 Å². The van der Waals surface area contributed by atoms with Crippen molar-refractivity contribution in [2.45, 2.75) is 31.7 Å². The fraction of sp³-hybridized carbons (Fsp3) is 0.321. The summed E-state index contributed by atoms with van der Waals surface area (Å²) in [6.07, 6.45) is -2.70. The minimum Gasteiger partial charge on any atom is -0.495 e. The number of piperidine rings is 1. The largest absolute Gasteiger partial charge is 0.495 e. The fourth-order valence-electron chi connectivity index (χ4n) is 4.43. The van der Waals surface area contributed by atoms with E-state index in [-0.39, 0.29) is 41.3 Å². The Hall–Kier alpha value is -4.52. The number of nitrogens with zero attached hydrogens (tertiary/aromatic N) is 2. The van der Waals surface area contributed by atoms with Gasteiger partial charge in [-0.25, -0.2) is 4.79 Å². The van der Waals surface area contributed by atoms with Gasteiger partial charge in [0.05, 0.1) is 12.8 Å². The summed E-state index contributed by atoms with van der Waals surface area (Å²) < 4.78 is 57.3. The van der Waals surface area contributed by atoms with Gasteiger partial charge in [-0.15, -0.1) is 0 Å². The Morgan fingerprint density at radius 3 is 2.61 bits per heavy atom. The first kappa shape index (κ1) is 29.5. The number of alkyl halides is 3. The van der Waals surface area contributed by atoms with Gasteiger partial charge >= 0.3 is 12.1 Å². The van der Waals surface area contributed by atoms with Crippen LogP contribution in [0.25, 0.3) is 0 Å². The van der Waals surface area contributed by atoms with Crippen molar-refractivity contribution >= 4 is 23.5 Å². The van der Waals surface area contributed by atoms with Crippen LogP contribution in [-0.2, 0) is 11.3 Å². The van der Waals surface area contributed by atoms with Crippen molar-refractivity contribution in [2.24, 2.45) is 10.7 Å². The molecule has 1 amide bonds. The molecular formula is C28H30F3N5O5. The molecule has 1 fully saturated rings. The lowest BCUT2D eigenvalue weighted by Gasteiger charge is -2.29. The molecule has 0 atom stereocenters. The molecule has 4 N–H and O–H groups in total. The smallest absolute Gasteiger partial charge is 0.421 e. The van der Waals surface area contributed by atoms with Gasteiger partial charge in [-0.05, 0) is 57.2 Å². The van der Waals surface area contributed by atoms with Crippen LogP contribution in [0.2, 0.25) is 0 Å². The molecule has 4 rings (SSSR count). The van der Waals surface area contributed by atoms with E-state index in [2.05, 4.69) is 27.1 Å². The highest BCUT2D eigenvalue weighted by molar-refractivity contribution is 5.98. The molecule has 0 saturated carbocycles. The number of hydrogen-bond acceptors (Lipinski definition) is 7. The molecule has 2 aliphatic heterocycles. The Kier molecular flexibility index (Phi) is 8.86. The molecule has 1 saturated heterocycles. The van der Waals surface area contributed by atoms with Crippen LogP contribution in [0.15, 0.2) is 65.5 Å². The maximum atomic E-state index is 13.8. The zero-order valence-electron chi connectivity index (χ0n) is 22.5. The van der Waals surface area contributed by atoms with Gasteiger partial charge in [0.2, 0.25) is 11.8 Å². The second kappa shape index (κ2) is 12.3. The lowest BCUT2D eigenvalue weighted by Crippen LogP contribution is -2.43. The number of halogens is 3. The predicted molar refractivity (Wildman–Crippen MR) is 146 cm³/mol. The van der Waals surface area contributed by atoms with Gasteiger partial charge in [0.1, 0.15) is 29.2 Å². The molecule has 0 spiro atoms. The normalized spacial score (nSPS) is 16.8. The van der Waals surface area contributed by atoms with Gasteiger partial charge in [0.25, 0.3) is 5.91 Å². The first-order chi connectivity index (χ1) is 19.5. The van der Waals surface area contributed by atoms with Gasteiger partial charge < -0.3 is 35.5 Å². The highest BCUT2D eigenvalue weighted by Crippen LogP contribution is 2.35. The van der Waals surface area contributed by atoms with Crippen molar-refractivity contribution in [2.75, 3.05) is 32.6 Å². The van der Waals surface area contributed by atoms with Crippen molar-refractivity contribution in [3.63, 3.8) is 0 Å². The average molecular weight is 574 g/mol. The van der Waals surface area contributed by atoms with Crippen LogP contribution >= 0.6 is 0 Å². The van der Waals surface area contributed by atoms with Crippen LogP contribution in [0.5, 0.6) is 11.5 Å². The van der Waals surface area contributed by atoms with Crippen LogP contribution < -0.4 is 25.8 Å². The quantitative estimate of drug-likeness (QED) is 0.142. The lowest BCUT2D eigenvalue weighted by molar-refractivity contribution is -0.0905. The van der Waals surface area contributed by atoms with E-state index in [1.807, 2.05) is 7.05 Å². The first-order valence-electron chi connectivity index (χ1n) is 12.7.